The summed E-state index contributed by atoms with van der Waals surface area (Å²) in [5, 5.41) is 11.7. The molecule has 1 N–H and O–H groups in total. The average Bonchev–Trinajstić information content (AvgIpc) is 3.42. The van der Waals surface area contributed by atoms with Gasteiger partial charge in [-0.1, -0.05) is 51.5 Å². The first kappa shape index (κ1) is 25.0. The average molecular weight is 579 g/mol. The van der Waals surface area contributed by atoms with E-state index in [1.807, 2.05) is 56.3 Å². The number of hydrogen-bond acceptors (Lipinski definition) is 7. The Labute approximate surface area is 226 Å². The molecule has 0 radical (unpaired) electrons. The van der Waals surface area contributed by atoms with E-state index in [4.69, 9.17) is 9.47 Å². The van der Waals surface area contributed by atoms with Crippen LogP contribution in [0.25, 0.3) is 16.0 Å². The van der Waals surface area contributed by atoms with Crippen LogP contribution in [0.1, 0.15) is 31.0 Å². The van der Waals surface area contributed by atoms with Gasteiger partial charge in [0, 0.05) is 10.0 Å². The van der Waals surface area contributed by atoms with Crippen LogP contribution in [0.2, 0.25) is 0 Å². The molecule has 1 unspecified atom stereocenters. The van der Waals surface area contributed by atoms with Crippen LogP contribution in [-0.4, -0.2) is 35.0 Å². The molecule has 1 amide bonds. The maximum Gasteiger partial charge on any atom is 0.301 e. The summed E-state index contributed by atoms with van der Waals surface area (Å²) < 4.78 is 12.8. The number of nitrogens with zero attached hydrogens (tertiary/aromatic N) is 2. The van der Waals surface area contributed by atoms with Crippen molar-refractivity contribution in [1.29, 1.82) is 0 Å². The lowest BCUT2D eigenvalue weighted by atomic mass is 9.95. The second-order valence-corrected chi connectivity index (χ2v) is 10.2. The van der Waals surface area contributed by atoms with E-state index >= 15 is 0 Å². The third kappa shape index (κ3) is 4.72. The molecule has 1 aliphatic rings. The predicted molar refractivity (Wildman–Crippen MR) is 147 cm³/mol. The van der Waals surface area contributed by atoms with Crippen LogP contribution in [0.3, 0.4) is 0 Å². The van der Waals surface area contributed by atoms with Crippen LogP contribution in [0.15, 0.2) is 76.8 Å². The number of hydrogen-bond donors (Lipinski definition) is 1. The highest BCUT2D eigenvalue weighted by molar-refractivity contribution is 9.10. The largest absolute Gasteiger partial charge is 0.507 e. The number of fused-ring (bicyclic) bond motifs is 1. The van der Waals surface area contributed by atoms with Crippen molar-refractivity contribution in [1.82, 2.24) is 4.98 Å². The molecule has 4 aromatic rings. The minimum absolute atomic E-state index is 0.00441. The summed E-state index contributed by atoms with van der Waals surface area (Å²) in [6.45, 7) is 4.75. The molecule has 1 atom stereocenters. The van der Waals surface area contributed by atoms with Gasteiger partial charge >= 0.3 is 5.91 Å². The van der Waals surface area contributed by atoms with Crippen molar-refractivity contribution in [2.75, 3.05) is 18.1 Å². The molecule has 2 heterocycles. The first-order valence-corrected chi connectivity index (χ1v) is 13.3. The number of amides is 1. The van der Waals surface area contributed by atoms with Gasteiger partial charge in [-0.15, -0.1) is 0 Å². The predicted octanol–water partition coefficient (Wildman–Crippen LogP) is 6.48. The molecule has 0 spiro atoms. The standard InChI is InChI=1S/C28H23BrN2O5S/c1-3-35-19-7-5-6-17(14-19)25(32)23-24(16-8-10-18(29)11-9-16)31(27(34)26(23)33)28-30-21-13-12-20(36-4-2)15-22(21)37-28/h5-15,24,32H,3-4H2,1-2H3. The third-order valence-corrected chi connectivity index (χ3v) is 7.46. The Balaban J connectivity index is 1.68. The number of ether oxygens (including phenoxy) is 2. The van der Waals surface area contributed by atoms with E-state index in [-0.39, 0.29) is 11.3 Å². The molecule has 37 heavy (non-hydrogen) atoms. The summed E-state index contributed by atoms with van der Waals surface area (Å²) in [4.78, 5) is 32.9. The summed E-state index contributed by atoms with van der Waals surface area (Å²) in [6, 6.07) is 18.8. The summed E-state index contributed by atoms with van der Waals surface area (Å²) in [6.07, 6.45) is 0. The molecule has 3 aromatic carbocycles. The number of ketones is 1. The van der Waals surface area contributed by atoms with Gasteiger partial charge in [0.15, 0.2) is 5.13 Å². The number of thiazole rings is 1. The maximum atomic E-state index is 13.5. The molecule has 0 aliphatic carbocycles. The van der Waals surface area contributed by atoms with Gasteiger partial charge in [0.25, 0.3) is 5.78 Å². The number of halogens is 1. The SMILES string of the molecule is CCOc1cccc(C(O)=C2C(=O)C(=O)N(c3nc4ccc(OCC)cc4s3)C2c2ccc(Br)cc2)c1. The van der Waals surface area contributed by atoms with Crippen LogP contribution in [0.5, 0.6) is 11.5 Å². The van der Waals surface area contributed by atoms with E-state index < -0.39 is 17.7 Å². The van der Waals surface area contributed by atoms with E-state index in [1.165, 1.54) is 16.2 Å². The minimum Gasteiger partial charge on any atom is -0.507 e. The molecule has 0 bridgehead atoms. The zero-order chi connectivity index (χ0) is 26.1. The van der Waals surface area contributed by atoms with Gasteiger partial charge in [0.05, 0.1) is 35.0 Å². The highest BCUT2D eigenvalue weighted by Gasteiger charge is 2.48. The second-order valence-electron chi connectivity index (χ2n) is 8.24. The Hall–Kier alpha value is -3.69. The van der Waals surface area contributed by atoms with E-state index in [9.17, 15) is 14.7 Å². The summed E-state index contributed by atoms with van der Waals surface area (Å²) >= 11 is 4.73. The van der Waals surface area contributed by atoms with E-state index in [0.29, 0.717) is 46.5 Å². The molecule has 1 fully saturated rings. The van der Waals surface area contributed by atoms with Gasteiger partial charge < -0.3 is 14.6 Å². The number of aliphatic hydroxyl groups excluding tert-OH is 1. The maximum absolute atomic E-state index is 13.5. The number of aromatic nitrogens is 1. The molecule has 9 heteroatoms. The van der Waals surface area contributed by atoms with E-state index in [0.717, 1.165) is 9.17 Å². The van der Waals surface area contributed by atoms with Crippen molar-refractivity contribution < 1.29 is 24.2 Å². The van der Waals surface area contributed by atoms with Crippen molar-refractivity contribution in [3.63, 3.8) is 0 Å². The van der Waals surface area contributed by atoms with Crippen LogP contribution in [0, 0.1) is 0 Å². The normalized spacial score (nSPS) is 16.9. The summed E-state index contributed by atoms with van der Waals surface area (Å²) in [7, 11) is 0. The number of Topliss-reactive ketones (excluding diaryl/α,β-unsaturated/α-hetero) is 1. The molecule has 7 nitrogen and oxygen atoms in total. The molecule has 1 aliphatic heterocycles. The highest BCUT2D eigenvalue weighted by Crippen LogP contribution is 2.45. The van der Waals surface area contributed by atoms with Gasteiger partial charge in [-0.3, -0.25) is 14.5 Å². The van der Waals surface area contributed by atoms with E-state index in [2.05, 4.69) is 20.9 Å². The third-order valence-electron chi connectivity index (χ3n) is 5.91. The monoisotopic (exact) mass is 578 g/mol. The molecular weight excluding hydrogens is 556 g/mol. The molecular formula is C28H23BrN2O5S. The van der Waals surface area contributed by atoms with Crippen LogP contribution in [0.4, 0.5) is 5.13 Å². The molecule has 188 valence electrons. The summed E-state index contributed by atoms with van der Waals surface area (Å²) in [5.74, 6) is -0.542. The van der Waals surface area contributed by atoms with Crippen molar-refractivity contribution in [3.8, 4) is 11.5 Å². The number of aliphatic hydroxyl groups is 1. The van der Waals surface area contributed by atoms with Crippen LogP contribution < -0.4 is 14.4 Å². The lowest BCUT2D eigenvalue weighted by Gasteiger charge is -2.23. The number of rotatable bonds is 7. The first-order valence-electron chi connectivity index (χ1n) is 11.7. The Morgan fingerprint density at radius 1 is 1.00 bits per heavy atom. The fraction of sp³-hybridized carbons (Fsp3) is 0.179. The molecule has 5 rings (SSSR count). The number of benzene rings is 3. The highest BCUT2D eigenvalue weighted by atomic mass is 79.9. The minimum atomic E-state index is -0.865. The number of anilines is 1. The Morgan fingerprint density at radius 2 is 1.70 bits per heavy atom. The molecule has 1 aromatic heterocycles. The number of carbonyl (C=O) groups is 2. The zero-order valence-electron chi connectivity index (χ0n) is 20.1. The fourth-order valence-electron chi connectivity index (χ4n) is 4.30. The van der Waals surface area contributed by atoms with Crippen molar-refractivity contribution in [3.05, 3.63) is 87.9 Å². The van der Waals surface area contributed by atoms with Crippen LogP contribution in [-0.2, 0) is 9.59 Å². The van der Waals surface area contributed by atoms with Gasteiger partial charge in [-0.25, -0.2) is 4.98 Å². The van der Waals surface area contributed by atoms with Gasteiger partial charge in [0.2, 0.25) is 0 Å². The van der Waals surface area contributed by atoms with Crippen molar-refractivity contribution in [2.45, 2.75) is 19.9 Å². The van der Waals surface area contributed by atoms with Crippen molar-refractivity contribution in [2.24, 2.45) is 0 Å². The van der Waals surface area contributed by atoms with Gasteiger partial charge in [-0.2, -0.15) is 0 Å². The Morgan fingerprint density at radius 3 is 2.41 bits per heavy atom. The first-order chi connectivity index (χ1) is 17.9. The smallest absolute Gasteiger partial charge is 0.301 e. The fourth-order valence-corrected chi connectivity index (χ4v) is 5.58. The second kappa shape index (κ2) is 10.4. The number of carbonyl (C=O) groups excluding carboxylic acids is 2. The van der Waals surface area contributed by atoms with Gasteiger partial charge in [-0.05, 0) is 61.9 Å². The quantitative estimate of drug-likeness (QED) is 0.153. The van der Waals surface area contributed by atoms with E-state index in [1.54, 1.807) is 24.3 Å². The topological polar surface area (TPSA) is 89.0 Å². The van der Waals surface area contributed by atoms with Gasteiger partial charge in [0.1, 0.15) is 17.3 Å². The lowest BCUT2D eigenvalue weighted by Crippen LogP contribution is -2.29. The van der Waals surface area contributed by atoms with Crippen molar-refractivity contribution >= 4 is 60.1 Å². The summed E-state index contributed by atoms with van der Waals surface area (Å²) in [5.41, 5.74) is 1.73. The Kier molecular flexibility index (Phi) is 6.99. The van der Waals surface area contributed by atoms with Crippen LogP contribution >= 0.6 is 27.3 Å². The zero-order valence-corrected chi connectivity index (χ0v) is 22.5. The molecule has 1 saturated heterocycles. The lowest BCUT2D eigenvalue weighted by molar-refractivity contribution is -0.132. The molecule has 0 saturated carbocycles. The Bertz CT molecular complexity index is 1530.